The molecule has 3 rings (SSSR count). The van der Waals surface area contributed by atoms with Crippen molar-refractivity contribution in [3.8, 4) is 11.5 Å². The average Bonchev–Trinajstić information content (AvgIpc) is 2.95. The molecule has 2 aromatic carbocycles. The first-order valence-electron chi connectivity index (χ1n) is 7.72. The highest BCUT2D eigenvalue weighted by Crippen LogP contribution is 2.36. The van der Waals surface area contributed by atoms with E-state index in [9.17, 15) is 19.1 Å². The maximum atomic E-state index is 13.5. The molecule has 2 N–H and O–H groups in total. The lowest BCUT2D eigenvalue weighted by Crippen LogP contribution is -2.21. The zero-order valence-corrected chi connectivity index (χ0v) is 14.1. The number of Topliss-reactive ketones (excluding diaryl/α,β-unsaturated/α-hetero) is 1. The molecule has 0 aliphatic carbocycles. The lowest BCUT2D eigenvalue weighted by molar-refractivity contribution is -0.133. The third-order valence-corrected chi connectivity index (χ3v) is 4.11. The van der Waals surface area contributed by atoms with Crippen LogP contribution in [-0.2, 0) is 9.59 Å². The standard InChI is InChI=1S/C19H16FNO5/c1-25-13-7-6-11(9-14(13)26-2)17(22)15-16(21-19(24)18(15)23)10-4-3-5-12(20)8-10/h3-9,16,22H,1-2H3,(H,21,24). The number of nitrogens with one attached hydrogen (secondary N) is 1. The first-order chi connectivity index (χ1) is 12.5. The number of hydrogen-bond donors (Lipinski definition) is 2. The molecule has 2 aromatic rings. The molecule has 1 aliphatic rings. The Hall–Kier alpha value is -3.35. The van der Waals surface area contributed by atoms with E-state index in [4.69, 9.17) is 9.47 Å². The summed E-state index contributed by atoms with van der Waals surface area (Å²) in [6.07, 6.45) is 0. The van der Waals surface area contributed by atoms with Crippen molar-refractivity contribution in [3.05, 3.63) is 65.0 Å². The van der Waals surface area contributed by atoms with Gasteiger partial charge in [-0.05, 0) is 35.9 Å². The van der Waals surface area contributed by atoms with E-state index in [0.29, 0.717) is 17.1 Å². The highest BCUT2D eigenvalue weighted by Gasteiger charge is 2.39. The highest BCUT2D eigenvalue weighted by molar-refractivity contribution is 6.46. The molecule has 1 amide bonds. The number of benzene rings is 2. The van der Waals surface area contributed by atoms with E-state index in [-0.39, 0.29) is 16.9 Å². The Morgan fingerprint density at radius 3 is 2.46 bits per heavy atom. The van der Waals surface area contributed by atoms with E-state index >= 15 is 0 Å². The van der Waals surface area contributed by atoms with E-state index in [1.54, 1.807) is 12.1 Å². The van der Waals surface area contributed by atoms with Crippen LogP contribution in [0.4, 0.5) is 4.39 Å². The monoisotopic (exact) mass is 357 g/mol. The Morgan fingerprint density at radius 1 is 1.08 bits per heavy atom. The minimum atomic E-state index is -0.946. The van der Waals surface area contributed by atoms with Crippen LogP contribution in [0.25, 0.3) is 5.76 Å². The molecular formula is C19H16FNO5. The summed E-state index contributed by atoms with van der Waals surface area (Å²) in [6.45, 7) is 0. The molecule has 1 heterocycles. The van der Waals surface area contributed by atoms with Crippen molar-refractivity contribution in [2.45, 2.75) is 6.04 Å². The van der Waals surface area contributed by atoms with Crippen LogP contribution in [0.15, 0.2) is 48.0 Å². The topological polar surface area (TPSA) is 84.9 Å². The van der Waals surface area contributed by atoms with E-state index in [2.05, 4.69) is 5.32 Å². The summed E-state index contributed by atoms with van der Waals surface area (Å²) in [7, 11) is 2.91. The second kappa shape index (κ2) is 6.87. The van der Waals surface area contributed by atoms with Gasteiger partial charge in [-0.25, -0.2) is 4.39 Å². The second-order valence-electron chi connectivity index (χ2n) is 5.62. The first kappa shape index (κ1) is 17.5. The summed E-state index contributed by atoms with van der Waals surface area (Å²) in [6, 6.07) is 9.11. The smallest absolute Gasteiger partial charge is 0.293 e. The van der Waals surface area contributed by atoms with E-state index in [1.807, 2.05) is 0 Å². The van der Waals surface area contributed by atoms with E-state index in [0.717, 1.165) is 0 Å². The van der Waals surface area contributed by atoms with Crippen LogP contribution >= 0.6 is 0 Å². The minimum absolute atomic E-state index is 0.146. The van der Waals surface area contributed by atoms with Gasteiger partial charge in [0.2, 0.25) is 0 Å². The Bertz CT molecular complexity index is 922. The van der Waals surface area contributed by atoms with Gasteiger partial charge in [0.15, 0.2) is 11.5 Å². The predicted molar refractivity (Wildman–Crippen MR) is 91.4 cm³/mol. The lowest BCUT2D eigenvalue weighted by Gasteiger charge is -2.15. The molecule has 0 bridgehead atoms. The van der Waals surface area contributed by atoms with Crippen LogP contribution in [0.2, 0.25) is 0 Å². The molecule has 1 fully saturated rings. The SMILES string of the molecule is COc1ccc(C(O)=C2C(=O)C(=O)NC2c2cccc(F)c2)cc1OC. The van der Waals surface area contributed by atoms with Crippen molar-refractivity contribution >= 4 is 17.4 Å². The Morgan fingerprint density at radius 2 is 1.81 bits per heavy atom. The summed E-state index contributed by atoms with van der Waals surface area (Å²) in [5, 5.41) is 13.1. The van der Waals surface area contributed by atoms with Crippen LogP contribution in [0.1, 0.15) is 17.2 Å². The van der Waals surface area contributed by atoms with Gasteiger partial charge in [0.1, 0.15) is 11.6 Å². The van der Waals surface area contributed by atoms with Gasteiger partial charge in [-0.15, -0.1) is 0 Å². The number of rotatable bonds is 4. The average molecular weight is 357 g/mol. The van der Waals surface area contributed by atoms with Crippen LogP contribution < -0.4 is 14.8 Å². The fraction of sp³-hybridized carbons (Fsp3) is 0.158. The van der Waals surface area contributed by atoms with Crippen LogP contribution in [0, 0.1) is 5.82 Å². The van der Waals surface area contributed by atoms with Gasteiger partial charge >= 0.3 is 0 Å². The third-order valence-electron chi connectivity index (χ3n) is 4.11. The molecular weight excluding hydrogens is 341 g/mol. The molecule has 0 radical (unpaired) electrons. The maximum Gasteiger partial charge on any atom is 0.293 e. The number of ketones is 1. The quantitative estimate of drug-likeness (QED) is 0.499. The van der Waals surface area contributed by atoms with Crippen molar-refractivity contribution < 1.29 is 28.6 Å². The number of ether oxygens (including phenoxy) is 2. The summed E-state index contributed by atoms with van der Waals surface area (Å²) in [5.74, 6) is -1.83. The van der Waals surface area contributed by atoms with Crippen molar-refractivity contribution in [2.75, 3.05) is 14.2 Å². The zero-order valence-electron chi connectivity index (χ0n) is 14.1. The molecule has 0 spiro atoms. The van der Waals surface area contributed by atoms with Gasteiger partial charge in [0.05, 0.1) is 25.8 Å². The predicted octanol–water partition coefficient (Wildman–Crippen LogP) is 2.55. The van der Waals surface area contributed by atoms with Crippen LogP contribution in [0.3, 0.4) is 0 Å². The van der Waals surface area contributed by atoms with Crippen molar-refractivity contribution in [2.24, 2.45) is 0 Å². The molecule has 1 aliphatic heterocycles. The third kappa shape index (κ3) is 2.99. The minimum Gasteiger partial charge on any atom is -0.507 e. The molecule has 7 heteroatoms. The van der Waals surface area contributed by atoms with Crippen molar-refractivity contribution in [1.82, 2.24) is 5.32 Å². The second-order valence-corrected chi connectivity index (χ2v) is 5.62. The van der Waals surface area contributed by atoms with E-state index < -0.39 is 23.5 Å². The van der Waals surface area contributed by atoms with Crippen molar-refractivity contribution in [1.29, 1.82) is 0 Å². The molecule has 1 atom stereocenters. The Labute approximate surface area is 148 Å². The normalized spacial score (nSPS) is 18.5. The summed E-state index contributed by atoms with van der Waals surface area (Å²) in [4.78, 5) is 24.2. The molecule has 1 saturated heterocycles. The van der Waals surface area contributed by atoms with E-state index in [1.165, 1.54) is 44.6 Å². The fourth-order valence-electron chi connectivity index (χ4n) is 2.84. The lowest BCUT2D eigenvalue weighted by atomic mass is 9.95. The van der Waals surface area contributed by atoms with Crippen LogP contribution in [-0.4, -0.2) is 31.0 Å². The van der Waals surface area contributed by atoms with Gasteiger partial charge in [0.25, 0.3) is 11.7 Å². The summed E-state index contributed by atoms with van der Waals surface area (Å²) >= 11 is 0. The maximum absolute atomic E-state index is 13.5. The number of aliphatic hydroxyl groups is 1. The Balaban J connectivity index is 2.13. The number of halogens is 1. The van der Waals surface area contributed by atoms with Gasteiger partial charge < -0.3 is 19.9 Å². The van der Waals surface area contributed by atoms with Gasteiger partial charge in [-0.2, -0.15) is 0 Å². The first-order valence-corrected chi connectivity index (χ1v) is 7.72. The molecule has 26 heavy (non-hydrogen) atoms. The van der Waals surface area contributed by atoms with Gasteiger partial charge in [-0.1, -0.05) is 12.1 Å². The summed E-state index contributed by atoms with van der Waals surface area (Å²) in [5.41, 5.74) is 0.475. The highest BCUT2D eigenvalue weighted by atomic mass is 19.1. The number of carbonyl (C=O) groups excluding carboxylic acids is 2. The number of hydrogen-bond acceptors (Lipinski definition) is 5. The Kier molecular flexibility index (Phi) is 4.62. The molecule has 0 saturated carbocycles. The molecule has 0 aromatic heterocycles. The number of methoxy groups -OCH3 is 2. The number of carbonyl (C=O) groups is 2. The summed E-state index contributed by atoms with van der Waals surface area (Å²) < 4.78 is 23.9. The van der Waals surface area contributed by atoms with Crippen molar-refractivity contribution in [3.63, 3.8) is 0 Å². The van der Waals surface area contributed by atoms with Gasteiger partial charge in [-0.3, -0.25) is 9.59 Å². The van der Waals surface area contributed by atoms with Gasteiger partial charge in [0, 0.05) is 5.56 Å². The number of amides is 1. The molecule has 134 valence electrons. The molecule has 6 nitrogen and oxygen atoms in total. The zero-order chi connectivity index (χ0) is 18.8. The largest absolute Gasteiger partial charge is 0.507 e. The number of aliphatic hydroxyl groups excluding tert-OH is 1. The van der Waals surface area contributed by atoms with Crippen LogP contribution in [0.5, 0.6) is 11.5 Å². The molecule has 1 unspecified atom stereocenters. The fourth-order valence-corrected chi connectivity index (χ4v) is 2.84.